The van der Waals surface area contributed by atoms with Crippen molar-refractivity contribution in [3.63, 3.8) is 0 Å². The second kappa shape index (κ2) is 5.36. The Labute approximate surface area is 76.5 Å². The largest absolute Gasteiger partial charge is 0.299 e. The van der Waals surface area contributed by atoms with Crippen LogP contribution in [0.2, 0.25) is 0 Å². The van der Waals surface area contributed by atoms with E-state index in [2.05, 4.69) is 24.8 Å². The lowest BCUT2D eigenvalue weighted by Crippen LogP contribution is -2.29. The quantitative estimate of drug-likeness (QED) is 0.582. The first kappa shape index (κ1) is 9.79. The molecule has 1 nitrogen and oxygen atoms in total. The van der Waals surface area contributed by atoms with Gasteiger partial charge in [-0.05, 0) is 25.8 Å². The average molecular weight is 167 g/mol. The first-order valence-electron chi connectivity index (χ1n) is 5.27. The van der Waals surface area contributed by atoms with Crippen LogP contribution in [0.4, 0.5) is 0 Å². The molecule has 1 heterocycles. The number of nitrogens with zero attached hydrogens (tertiary/aromatic N) is 1. The van der Waals surface area contributed by atoms with E-state index >= 15 is 0 Å². The van der Waals surface area contributed by atoms with Crippen molar-refractivity contribution < 1.29 is 0 Å². The van der Waals surface area contributed by atoms with E-state index in [0.717, 1.165) is 0 Å². The van der Waals surface area contributed by atoms with Crippen molar-refractivity contribution >= 4 is 0 Å². The van der Waals surface area contributed by atoms with Crippen LogP contribution in [0.25, 0.3) is 0 Å². The van der Waals surface area contributed by atoms with Gasteiger partial charge in [-0.1, -0.05) is 31.9 Å². The lowest BCUT2D eigenvalue weighted by Gasteiger charge is -2.25. The molecule has 0 aromatic rings. The van der Waals surface area contributed by atoms with Crippen molar-refractivity contribution in [3.8, 4) is 0 Å². The van der Waals surface area contributed by atoms with Crippen LogP contribution in [0.1, 0.15) is 39.5 Å². The fourth-order valence-corrected chi connectivity index (χ4v) is 1.82. The second-order valence-corrected chi connectivity index (χ2v) is 3.66. The molecule has 1 rings (SSSR count). The van der Waals surface area contributed by atoms with Crippen LogP contribution in [0.3, 0.4) is 0 Å². The third kappa shape index (κ3) is 2.98. The smallest absolute Gasteiger partial charge is 0.0165 e. The van der Waals surface area contributed by atoms with Crippen LogP contribution in [-0.2, 0) is 0 Å². The first-order valence-corrected chi connectivity index (χ1v) is 5.27. The maximum absolute atomic E-state index is 2.54. The van der Waals surface area contributed by atoms with E-state index in [1.165, 1.54) is 45.3 Å². The molecule has 0 unspecified atom stereocenters. The molecular formula is C11H21N. The van der Waals surface area contributed by atoms with Crippen LogP contribution in [0.5, 0.6) is 0 Å². The van der Waals surface area contributed by atoms with Gasteiger partial charge in [0.25, 0.3) is 0 Å². The molecule has 0 aromatic heterocycles. The Balaban J connectivity index is 2.26. The highest BCUT2D eigenvalue weighted by Crippen LogP contribution is 2.15. The molecule has 0 spiro atoms. The van der Waals surface area contributed by atoms with Gasteiger partial charge in [-0.3, -0.25) is 4.90 Å². The predicted octanol–water partition coefficient (Wildman–Crippen LogP) is 2.83. The van der Waals surface area contributed by atoms with Crippen molar-refractivity contribution in [2.24, 2.45) is 0 Å². The summed E-state index contributed by atoms with van der Waals surface area (Å²) >= 11 is 0. The van der Waals surface area contributed by atoms with Gasteiger partial charge in [0.05, 0.1) is 0 Å². The number of hydrogen-bond donors (Lipinski definition) is 0. The summed E-state index contributed by atoms with van der Waals surface area (Å²) in [5.74, 6) is 0. The maximum atomic E-state index is 2.54. The summed E-state index contributed by atoms with van der Waals surface area (Å²) in [5.41, 5.74) is 1.69. The third-order valence-electron chi connectivity index (χ3n) is 2.50. The molecule has 70 valence electrons. The standard InChI is InChI=1S/C11H21N/c1-3-5-11-6-9-12(8-4-2)10-7-11/h6H,3-5,7-10H2,1-2H3. The van der Waals surface area contributed by atoms with Crippen LogP contribution in [-0.4, -0.2) is 24.5 Å². The van der Waals surface area contributed by atoms with Gasteiger partial charge in [0.15, 0.2) is 0 Å². The van der Waals surface area contributed by atoms with Crippen molar-refractivity contribution in [1.29, 1.82) is 0 Å². The molecule has 0 aromatic carbocycles. The molecule has 0 amide bonds. The topological polar surface area (TPSA) is 3.24 Å². The minimum Gasteiger partial charge on any atom is -0.299 e. The molecule has 0 N–H and O–H groups in total. The number of rotatable bonds is 4. The van der Waals surface area contributed by atoms with Gasteiger partial charge in [0.1, 0.15) is 0 Å². The van der Waals surface area contributed by atoms with E-state index < -0.39 is 0 Å². The van der Waals surface area contributed by atoms with E-state index in [1.807, 2.05) is 0 Å². The van der Waals surface area contributed by atoms with E-state index in [0.29, 0.717) is 0 Å². The minimum atomic E-state index is 1.20. The maximum Gasteiger partial charge on any atom is 0.0165 e. The molecule has 0 saturated carbocycles. The van der Waals surface area contributed by atoms with Crippen molar-refractivity contribution in [2.75, 3.05) is 19.6 Å². The Bertz CT molecular complexity index is 149. The normalized spacial score (nSPS) is 19.3. The van der Waals surface area contributed by atoms with E-state index in [1.54, 1.807) is 5.57 Å². The molecule has 12 heavy (non-hydrogen) atoms. The van der Waals surface area contributed by atoms with Gasteiger partial charge in [0, 0.05) is 13.1 Å². The zero-order valence-electron chi connectivity index (χ0n) is 8.47. The van der Waals surface area contributed by atoms with Crippen molar-refractivity contribution in [2.45, 2.75) is 39.5 Å². The van der Waals surface area contributed by atoms with Crippen molar-refractivity contribution in [1.82, 2.24) is 4.90 Å². The summed E-state index contributed by atoms with van der Waals surface area (Å²) < 4.78 is 0. The summed E-state index contributed by atoms with van der Waals surface area (Å²) in [6.45, 7) is 8.28. The second-order valence-electron chi connectivity index (χ2n) is 3.66. The van der Waals surface area contributed by atoms with Gasteiger partial charge >= 0.3 is 0 Å². The molecule has 1 aliphatic rings. The minimum absolute atomic E-state index is 1.20. The Morgan fingerprint density at radius 1 is 1.33 bits per heavy atom. The molecular weight excluding hydrogens is 146 g/mol. The predicted molar refractivity (Wildman–Crippen MR) is 54.3 cm³/mol. The zero-order valence-corrected chi connectivity index (χ0v) is 8.47. The molecule has 0 bridgehead atoms. The van der Waals surface area contributed by atoms with Crippen LogP contribution >= 0.6 is 0 Å². The summed E-state index contributed by atoms with van der Waals surface area (Å²) in [6.07, 6.45) is 7.66. The van der Waals surface area contributed by atoms with E-state index in [9.17, 15) is 0 Å². The fourth-order valence-electron chi connectivity index (χ4n) is 1.82. The Hall–Kier alpha value is -0.300. The van der Waals surface area contributed by atoms with Gasteiger partial charge in [-0.25, -0.2) is 0 Å². The summed E-state index contributed by atoms with van der Waals surface area (Å²) in [4.78, 5) is 2.54. The average Bonchev–Trinajstić information content (AvgIpc) is 2.09. The van der Waals surface area contributed by atoms with Crippen LogP contribution in [0, 0.1) is 0 Å². The SMILES string of the molecule is CCCC1=CCN(CCC)CC1. The van der Waals surface area contributed by atoms with Crippen LogP contribution in [0.15, 0.2) is 11.6 Å². The highest BCUT2D eigenvalue weighted by molar-refractivity contribution is 5.06. The lowest BCUT2D eigenvalue weighted by atomic mass is 10.0. The summed E-state index contributed by atoms with van der Waals surface area (Å²) in [5, 5.41) is 0. The molecule has 0 fully saturated rings. The molecule has 1 aliphatic heterocycles. The lowest BCUT2D eigenvalue weighted by molar-refractivity contribution is 0.292. The van der Waals surface area contributed by atoms with Gasteiger partial charge in [-0.15, -0.1) is 0 Å². The molecule has 0 aliphatic carbocycles. The van der Waals surface area contributed by atoms with Gasteiger partial charge < -0.3 is 0 Å². The Kier molecular flexibility index (Phi) is 4.37. The first-order chi connectivity index (χ1) is 5.86. The summed E-state index contributed by atoms with van der Waals surface area (Å²) in [7, 11) is 0. The molecule has 1 heteroatoms. The molecule has 0 radical (unpaired) electrons. The monoisotopic (exact) mass is 167 g/mol. The summed E-state index contributed by atoms with van der Waals surface area (Å²) in [6, 6.07) is 0. The molecule has 0 atom stereocenters. The van der Waals surface area contributed by atoms with E-state index in [4.69, 9.17) is 0 Å². The van der Waals surface area contributed by atoms with Gasteiger partial charge in [-0.2, -0.15) is 0 Å². The fraction of sp³-hybridized carbons (Fsp3) is 0.818. The highest BCUT2D eigenvalue weighted by atomic mass is 15.1. The number of hydrogen-bond acceptors (Lipinski definition) is 1. The van der Waals surface area contributed by atoms with Crippen LogP contribution < -0.4 is 0 Å². The van der Waals surface area contributed by atoms with Crippen molar-refractivity contribution in [3.05, 3.63) is 11.6 Å². The Morgan fingerprint density at radius 2 is 2.17 bits per heavy atom. The third-order valence-corrected chi connectivity index (χ3v) is 2.50. The Morgan fingerprint density at radius 3 is 2.67 bits per heavy atom. The molecule has 0 saturated heterocycles. The highest BCUT2D eigenvalue weighted by Gasteiger charge is 2.08. The van der Waals surface area contributed by atoms with Gasteiger partial charge in [0.2, 0.25) is 0 Å². The zero-order chi connectivity index (χ0) is 8.81. The van der Waals surface area contributed by atoms with E-state index in [-0.39, 0.29) is 0 Å².